The van der Waals surface area contributed by atoms with E-state index in [4.69, 9.17) is 9.47 Å². The topological polar surface area (TPSA) is 76.0 Å². The molecule has 7 rings (SSSR count). The number of aliphatic hydroxyl groups excluding tert-OH is 1. The van der Waals surface area contributed by atoms with Crippen molar-refractivity contribution < 1.29 is 24.5 Å². The number of ether oxygens (including phenoxy) is 2. The molecule has 5 aliphatic rings. The Morgan fingerprint density at radius 1 is 0.907 bits per heavy atom. The fourth-order valence-corrected chi connectivity index (χ4v) is 9.17. The lowest BCUT2D eigenvalue weighted by Crippen LogP contribution is -2.52. The second-order valence-corrected chi connectivity index (χ2v) is 14.9. The minimum absolute atomic E-state index is 0.0586. The highest BCUT2D eigenvalue weighted by Crippen LogP contribution is 2.65. The maximum atomic E-state index is 11.3. The van der Waals surface area contributed by atoms with Crippen molar-refractivity contribution in [3.8, 4) is 11.8 Å². The third kappa shape index (κ3) is 5.16. The van der Waals surface area contributed by atoms with Crippen LogP contribution in [0.15, 0.2) is 59.7 Å². The van der Waals surface area contributed by atoms with Gasteiger partial charge in [0.15, 0.2) is 5.79 Å². The summed E-state index contributed by atoms with van der Waals surface area (Å²) in [5.74, 6) is 6.88. The molecule has 2 aromatic rings. The number of benzene rings is 2. The average molecular weight is 581 g/mol. The summed E-state index contributed by atoms with van der Waals surface area (Å²) in [5, 5.41) is 20.5. The summed E-state index contributed by atoms with van der Waals surface area (Å²) in [4.78, 5) is 11.3. The second-order valence-electron chi connectivity index (χ2n) is 14.9. The smallest absolute Gasteiger partial charge is 0.335 e. The summed E-state index contributed by atoms with van der Waals surface area (Å²) in [6, 6.07) is 15.4. The van der Waals surface area contributed by atoms with Crippen LogP contribution < -0.4 is 0 Å². The van der Waals surface area contributed by atoms with Crippen LogP contribution >= 0.6 is 0 Å². The first kappa shape index (κ1) is 28.8. The van der Waals surface area contributed by atoms with E-state index >= 15 is 0 Å². The first-order valence-corrected chi connectivity index (χ1v) is 16.2. The van der Waals surface area contributed by atoms with Crippen LogP contribution in [0.25, 0.3) is 0 Å². The molecular formula is C38H44O5. The molecule has 0 aromatic heterocycles. The minimum Gasteiger partial charge on any atom is -0.478 e. The van der Waals surface area contributed by atoms with Crippen molar-refractivity contribution in [1.29, 1.82) is 0 Å². The Morgan fingerprint density at radius 3 is 2.40 bits per heavy atom. The van der Waals surface area contributed by atoms with E-state index < -0.39 is 11.8 Å². The van der Waals surface area contributed by atoms with E-state index in [9.17, 15) is 15.0 Å². The standard InChI is InChI=1S/C38H44O5/c1-36(2)22-42-38(43-23-36)18-17-29-28(20-38)13-14-30-32-15-16-33(39)37(32,3)21-31(34(29)30)26-11-9-24(10-12-26)7-8-25-5-4-6-27(19-25)35(40)41/h4-6,9-12,19,28,30-33,39H,13-18,20-23H2,1-3H3,(H,40,41). The van der Waals surface area contributed by atoms with E-state index in [0.29, 0.717) is 29.2 Å². The molecule has 1 saturated heterocycles. The van der Waals surface area contributed by atoms with Gasteiger partial charge in [0.05, 0.1) is 24.9 Å². The van der Waals surface area contributed by atoms with Gasteiger partial charge in [-0.3, -0.25) is 0 Å². The molecular weight excluding hydrogens is 536 g/mol. The van der Waals surface area contributed by atoms with Gasteiger partial charge in [0.25, 0.3) is 0 Å². The van der Waals surface area contributed by atoms with Crippen molar-refractivity contribution in [2.75, 3.05) is 13.2 Å². The van der Waals surface area contributed by atoms with Crippen molar-refractivity contribution in [2.45, 2.75) is 89.9 Å². The van der Waals surface area contributed by atoms with Crippen molar-refractivity contribution in [2.24, 2.45) is 28.6 Å². The van der Waals surface area contributed by atoms with Gasteiger partial charge in [0, 0.05) is 35.3 Å². The molecule has 1 heterocycles. The van der Waals surface area contributed by atoms with Crippen LogP contribution in [0.1, 0.15) is 105 Å². The molecule has 43 heavy (non-hydrogen) atoms. The fraction of sp³-hybridized carbons (Fsp3) is 0.553. The summed E-state index contributed by atoms with van der Waals surface area (Å²) in [6.07, 6.45) is 8.09. The molecule has 0 radical (unpaired) electrons. The first-order valence-electron chi connectivity index (χ1n) is 16.2. The summed E-state index contributed by atoms with van der Waals surface area (Å²) in [5.41, 5.74) is 6.51. The van der Waals surface area contributed by atoms with Crippen LogP contribution in [0.5, 0.6) is 0 Å². The number of carbonyl (C=O) groups is 1. The average Bonchev–Trinajstić information content (AvgIpc) is 3.31. The summed E-state index contributed by atoms with van der Waals surface area (Å²) < 4.78 is 13.0. The van der Waals surface area contributed by atoms with E-state index in [1.807, 2.05) is 6.07 Å². The highest BCUT2D eigenvalue weighted by Gasteiger charge is 2.57. The number of fused-ring (bicyclic) bond motifs is 4. The van der Waals surface area contributed by atoms with E-state index in [2.05, 4.69) is 56.9 Å². The number of carboxylic acid groups (broad SMARTS) is 1. The minimum atomic E-state index is -0.946. The number of aliphatic hydroxyl groups is 1. The molecule has 6 unspecified atom stereocenters. The molecule has 1 spiro atoms. The largest absolute Gasteiger partial charge is 0.478 e. The lowest BCUT2D eigenvalue weighted by molar-refractivity contribution is -0.312. The highest BCUT2D eigenvalue weighted by molar-refractivity contribution is 5.88. The Hall–Kier alpha value is -2.91. The van der Waals surface area contributed by atoms with Gasteiger partial charge in [-0.2, -0.15) is 0 Å². The Balaban J connectivity index is 1.20. The SMILES string of the molecule is CC1(C)COC2(CCC3=C4C(c5ccc(C#Cc6cccc(C(=O)O)c6)cc5)CC5(C)C(O)CCC5C4CCC3C2)OC1. The zero-order valence-corrected chi connectivity index (χ0v) is 25.7. The molecule has 5 nitrogen and oxygen atoms in total. The summed E-state index contributed by atoms with van der Waals surface area (Å²) in [7, 11) is 0. The van der Waals surface area contributed by atoms with E-state index in [-0.39, 0.29) is 22.5 Å². The molecule has 4 aliphatic carbocycles. The van der Waals surface area contributed by atoms with Gasteiger partial charge in [0.2, 0.25) is 0 Å². The molecule has 0 amide bonds. The van der Waals surface area contributed by atoms with Gasteiger partial charge in [-0.05, 0) is 97.6 Å². The van der Waals surface area contributed by atoms with E-state index in [1.54, 1.807) is 29.3 Å². The number of allylic oxidation sites excluding steroid dienone is 2. The zero-order chi connectivity index (χ0) is 30.0. The summed E-state index contributed by atoms with van der Waals surface area (Å²) >= 11 is 0. The number of aromatic carboxylic acids is 1. The van der Waals surface area contributed by atoms with Gasteiger partial charge in [-0.1, -0.05) is 62.0 Å². The molecule has 3 saturated carbocycles. The Kier molecular flexibility index (Phi) is 7.12. The van der Waals surface area contributed by atoms with Gasteiger partial charge in [-0.25, -0.2) is 4.79 Å². The molecule has 5 heteroatoms. The van der Waals surface area contributed by atoms with Crippen LogP contribution in [0.4, 0.5) is 0 Å². The van der Waals surface area contributed by atoms with Crippen molar-refractivity contribution >= 4 is 5.97 Å². The predicted octanol–water partition coefficient (Wildman–Crippen LogP) is 7.33. The Bertz CT molecular complexity index is 1500. The molecule has 2 N–H and O–H groups in total. The van der Waals surface area contributed by atoms with Gasteiger partial charge in [-0.15, -0.1) is 0 Å². The lowest BCUT2D eigenvalue weighted by Gasteiger charge is -2.55. The Labute approximate surface area is 255 Å². The van der Waals surface area contributed by atoms with Crippen molar-refractivity contribution in [3.63, 3.8) is 0 Å². The van der Waals surface area contributed by atoms with E-state index in [0.717, 1.165) is 57.3 Å². The molecule has 4 fully saturated rings. The fourth-order valence-electron chi connectivity index (χ4n) is 9.17. The van der Waals surface area contributed by atoms with Crippen LogP contribution in [-0.4, -0.2) is 41.3 Å². The van der Waals surface area contributed by atoms with Crippen LogP contribution in [0, 0.1) is 40.4 Å². The van der Waals surface area contributed by atoms with Crippen LogP contribution in [0.2, 0.25) is 0 Å². The maximum Gasteiger partial charge on any atom is 0.335 e. The molecule has 1 aliphatic heterocycles. The predicted molar refractivity (Wildman–Crippen MR) is 166 cm³/mol. The normalized spacial score (nSPS) is 34.0. The first-order chi connectivity index (χ1) is 20.6. The zero-order valence-electron chi connectivity index (χ0n) is 25.7. The van der Waals surface area contributed by atoms with E-state index in [1.165, 1.54) is 18.4 Å². The van der Waals surface area contributed by atoms with Gasteiger partial charge >= 0.3 is 5.97 Å². The van der Waals surface area contributed by atoms with Crippen molar-refractivity contribution in [3.05, 3.63) is 81.9 Å². The number of carboxylic acids is 1. The number of hydrogen-bond donors (Lipinski definition) is 2. The third-order valence-electron chi connectivity index (χ3n) is 11.5. The second kappa shape index (κ2) is 10.6. The van der Waals surface area contributed by atoms with Crippen LogP contribution in [-0.2, 0) is 9.47 Å². The maximum absolute atomic E-state index is 11.3. The number of rotatable bonds is 2. The summed E-state index contributed by atoms with van der Waals surface area (Å²) in [6.45, 7) is 8.30. The molecule has 226 valence electrons. The highest BCUT2D eigenvalue weighted by atomic mass is 16.7. The van der Waals surface area contributed by atoms with Crippen LogP contribution in [0.3, 0.4) is 0 Å². The van der Waals surface area contributed by atoms with Crippen molar-refractivity contribution in [1.82, 2.24) is 0 Å². The Morgan fingerprint density at radius 2 is 1.65 bits per heavy atom. The third-order valence-corrected chi connectivity index (χ3v) is 11.5. The van der Waals surface area contributed by atoms with Gasteiger partial charge < -0.3 is 19.7 Å². The number of hydrogen-bond acceptors (Lipinski definition) is 4. The molecule has 6 atom stereocenters. The monoisotopic (exact) mass is 580 g/mol. The molecule has 0 bridgehead atoms. The van der Waals surface area contributed by atoms with Gasteiger partial charge in [0.1, 0.15) is 0 Å². The lowest BCUT2D eigenvalue weighted by atomic mass is 9.52. The quantitative estimate of drug-likeness (QED) is 0.287. The molecule has 2 aromatic carbocycles.